The van der Waals surface area contributed by atoms with Gasteiger partial charge in [-0.2, -0.15) is 0 Å². The van der Waals surface area contributed by atoms with Crippen LogP contribution in [0.2, 0.25) is 0 Å². The standard InChI is InChI=1S/C15H14N2O/c1-9-3-6-14-13(7-9)17-15(18-14)11-5-4-10(2)12(16)8-11/h3-8H,16H2,1-2H3. The van der Waals surface area contributed by atoms with Crippen molar-refractivity contribution in [3.8, 4) is 11.5 Å². The number of oxazole rings is 1. The van der Waals surface area contributed by atoms with Crippen molar-refractivity contribution in [1.82, 2.24) is 4.98 Å². The predicted molar refractivity (Wildman–Crippen MR) is 73.3 cm³/mol. The van der Waals surface area contributed by atoms with Gasteiger partial charge in [-0.3, -0.25) is 0 Å². The Hall–Kier alpha value is -2.29. The Bertz CT molecular complexity index is 728. The number of hydrogen-bond acceptors (Lipinski definition) is 3. The Balaban J connectivity index is 2.16. The van der Waals surface area contributed by atoms with Gasteiger partial charge in [0.05, 0.1) is 0 Å². The van der Waals surface area contributed by atoms with Crippen LogP contribution in [0.1, 0.15) is 11.1 Å². The van der Waals surface area contributed by atoms with E-state index in [1.807, 2.05) is 50.2 Å². The molecule has 0 aliphatic carbocycles. The highest BCUT2D eigenvalue weighted by atomic mass is 16.3. The van der Waals surface area contributed by atoms with E-state index >= 15 is 0 Å². The molecule has 2 aromatic carbocycles. The summed E-state index contributed by atoms with van der Waals surface area (Å²) in [4.78, 5) is 4.49. The first-order valence-corrected chi connectivity index (χ1v) is 5.87. The van der Waals surface area contributed by atoms with Gasteiger partial charge in [-0.15, -0.1) is 0 Å². The lowest BCUT2D eigenvalue weighted by atomic mass is 10.1. The molecule has 0 aliphatic rings. The summed E-state index contributed by atoms with van der Waals surface area (Å²) in [6, 6.07) is 11.8. The molecule has 0 saturated carbocycles. The van der Waals surface area contributed by atoms with Gasteiger partial charge in [-0.05, 0) is 49.2 Å². The maximum absolute atomic E-state index is 5.91. The SMILES string of the molecule is Cc1ccc2oc(-c3ccc(C)c(N)c3)nc2c1. The number of fused-ring (bicyclic) bond motifs is 1. The first-order chi connectivity index (χ1) is 8.63. The van der Waals surface area contributed by atoms with Gasteiger partial charge in [0.2, 0.25) is 5.89 Å². The van der Waals surface area contributed by atoms with E-state index in [2.05, 4.69) is 4.98 Å². The number of nitrogen functional groups attached to an aromatic ring is 1. The quantitative estimate of drug-likeness (QED) is 0.658. The van der Waals surface area contributed by atoms with Crippen molar-refractivity contribution in [3.63, 3.8) is 0 Å². The summed E-state index contributed by atoms with van der Waals surface area (Å²) < 4.78 is 5.74. The summed E-state index contributed by atoms with van der Waals surface area (Å²) in [7, 11) is 0. The van der Waals surface area contributed by atoms with Crippen LogP contribution in [0.4, 0.5) is 5.69 Å². The molecule has 90 valence electrons. The minimum absolute atomic E-state index is 0.613. The molecule has 0 aliphatic heterocycles. The van der Waals surface area contributed by atoms with E-state index in [-0.39, 0.29) is 0 Å². The van der Waals surface area contributed by atoms with E-state index in [4.69, 9.17) is 10.2 Å². The summed E-state index contributed by atoms with van der Waals surface area (Å²) >= 11 is 0. The van der Waals surface area contributed by atoms with Crippen LogP contribution in [0.5, 0.6) is 0 Å². The van der Waals surface area contributed by atoms with Gasteiger partial charge in [-0.1, -0.05) is 12.1 Å². The van der Waals surface area contributed by atoms with Crippen molar-refractivity contribution in [1.29, 1.82) is 0 Å². The second-order valence-corrected chi connectivity index (χ2v) is 4.56. The molecule has 0 saturated heterocycles. The first kappa shape index (κ1) is 10.8. The third kappa shape index (κ3) is 1.74. The van der Waals surface area contributed by atoms with Crippen molar-refractivity contribution in [3.05, 3.63) is 47.5 Å². The molecule has 3 nitrogen and oxygen atoms in total. The molecule has 0 radical (unpaired) electrons. The largest absolute Gasteiger partial charge is 0.436 e. The lowest BCUT2D eigenvalue weighted by molar-refractivity contribution is 0.620. The zero-order chi connectivity index (χ0) is 12.7. The zero-order valence-corrected chi connectivity index (χ0v) is 10.4. The van der Waals surface area contributed by atoms with Gasteiger partial charge in [0.25, 0.3) is 0 Å². The lowest BCUT2D eigenvalue weighted by Crippen LogP contribution is -1.89. The van der Waals surface area contributed by atoms with Crippen LogP contribution in [0.3, 0.4) is 0 Å². The van der Waals surface area contributed by atoms with Gasteiger partial charge in [0.1, 0.15) is 5.52 Å². The van der Waals surface area contributed by atoms with Crippen LogP contribution in [-0.4, -0.2) is 4.98 Å². The van der Waals surface area contributed by atoms with Crippen LogP contribution < -0.4 is 5.73 Å². The fourth-order valence-corrected chi connectivity index (χ4v) is 1.93. The molecule has 3 aromatic rings. The van der Waals surface area contributed by atoms with E-state index in [0.29, 0.717) is 5.89 Å². The molecular weight excluding hydrogens is 224 g/mol. The number of hydrogen-bond donors (Lipinski definition) is 1. The molecule has 0 amide bonds. The third-order valence-corrected chi connectivity index (χ3v) is 3.07. The number of aryl methyl sites for hydroxylation is 2. The normalized spacial score (nSPS) is 11.0. The summed E-state index contributed by atoms with van der Waals surface area (Å²) in [6.07, 6.45) is 0. The van der Waals surface area contributed by atoms with Gasteiger partial charge in [-0.25, -0.2) is 4.98 Å². The van der Waals surface area contributed by atoms with Crippen molar-refractivity contribution < 1.29 is 4.42 Å². The smallest absolute Gasteiger partial charge is 0.227 e. The molecule has 0 atom stereocenters. The molecular formula is C15H14N2O. The Labute approximate surface area is 105 Å². The van der Waals surface area contributed by atoms with Crippen LogP contribution in [-0.2, 0) is 0 Å². The number of nitrogens with two attached hydrogens (primary N) is 1. The maximum Gasteiger partial charge on any atom is 0.227 e. The highest BCUT2D eigenvalue weighted by Gasteiger charge is 2.09. The molecule has 0 unspecified atom stereocenters. The molecule has 1 aromatic heterocycles. The van der Waals surface area contributed by atoms with Crippen molar-refractivity contribution in [2.75, 3.05) is 5.73 Å². The summed E-state index contributed by atoms with van der Waals surface area (Å²) in [5.74, 6) is 0.613. The number of rotatable bonds is 1. The molecule has 18 heavy (non-hydrogen) atoms. The number of benzene rings is 2. The molecule has 3 heteroatoms. The van der Waals surface area contributed by atoms with Crippen LogP contribution in [0.15, 0.2) is 40.8 Å². The maximum atomic E-state index is 5.91. The van der Waals surface area contributed by atoms with Gasteiger partial charge in [0.15, 0.2) is 5.58 Å². The average molecular weight is 238 g/mol. The monoisotopic (exact) mass is 238 g/mol. The zero-order valence-electron chi connectivity index (χ0n) is 10.4. The molecule has 0 bridgehead atoms. The first-order valence-electron chi connectivity index (χ1n) is 5.87. The van der Waals surface area contributed by atoms with E-state index in [1.54, 1.807) is 0 Å². The van der Waals surface area contributed by atoms with Crippen LogP contribution in [0, 0.1) is 13.8 Å². The van der Waals surface area contributed by atoms with Crippen molar-refractivity contribution in [2.24, 2.45) is 0 Å². The lowest BCUT2D eigenvalue weighted by Gasteiger charge is -2.00. The highest BCUT2D eigenvalue weighted by Crippen LogP contribution is 2.27. The second kappa shape index (κ2) is 3.88. The molecule has 3 rings (SSSR count). The second-order valence-electron chi connectivity index (χ2n) is 4.56. The topological polar surface area (TPSA) is 52.0 Å². The van der Waals surface area contributed by atoms with Crippen LogP contribution >= 0.6 is 0 Å². The van der Waals surface area contributed by atoms with Gasteiger partial charge < -0.3 is 10.2 Å². The van der Waals surface area contributed by atoms with Crippen molar-refractivity contribution >= 4 is 16.8 Å². The number of anilines is 1. The van der Waals surface area contributed by atoms with E-state index in [0.717, 1.165) is 27.9 Å². The van der Waals surface area contributed by atoms with E-state index in [9.17, 15) is 0 Å². The fourth-order valence-electron chi connectivity index (χ4n) is 1.93. The Kier molecular flexibility index (Phi) is 2.33. The fraction of sp³-hybridized carbons (Fsp3) is 0.133. The Morgan fingerprint density at radius 2 is 1.89 bits per heavy atom. The number of aromatic nitrogens is 1. The molecule has 0 spiro atoms. The molecule has 1 heterocycles. The minimum Gasteiger partial charge on any atom is -0.436 e. The summed E-state index contributed by atoms with van der Waals surface area (Å²) in [5, 5.41) is 0. The van der Waals surface area contributed by atoms with E-state index < -0.39 is 0 Å². The summed E-state index contributed by atoms with van der Waals surface area (Å²) in [6.45, 7) is 4.02. The Morgan fingerprint density at radius 3 is 2.67 bits per heavy atom. The van der Waals surface area contributed by atoms with Crippen molar-refractivity contribution in [2.45, 2.75) is 13.8 Å². The Morgan fingerprint density at radius 1 is 1.06 bits per heavy atom. The average Bonchev–Trinajstić information content (AvgIpc) is 2.75. The van der Waals surface area contributed by atoms with E-state index in [1.165, 1.54) is 5.56 Å². The minimum atomic E-state index is 0.613. The third-order valence-electron chi connectivity index (χ3n) is 3.07. The highest BCUT2D eigenvalue weighted by molar-refractivity contribution is 5.77. The van der Waals surface area contributed by atoms with Gasteiger partial charge in [0, 0.05) is 11.3 Å². The molecule has 2 N–H and O–H groups in total. The van der Waals surface area contributed by atoms with Gasteiger partial charge >= 0.3 is 0 Å². The van der Waals surface area contributed by atoms with Crippen LogP contribution in [0.25, 0.3) is 22.6 Å². The summed E-state index contributed by atoms with van der Waals surface area (Å²) in [5.41, 5.74) is 11.5. The number of nitrogens with zero attached hydrogens (tertiary/aromatic N) is 1. The molecule has 0 fully saturated rings. The predicted octanol–water partition coefficient (Wildman–Crippen LogP) is 3.69.